The molecule has 0 saturated carbocycles. The molecule has 0 aliphatic carbocycles. The SMILES string of the molecule is COC(=O)CO/N=C(\C(C)=O)C(=O)O. The molecule has 0 unspecified atom stereocenters. The van der Waals surface area contributed by atoms with Crippen LogP contribution >= 0.6 is 0 Å². The quantitative estimate of drug-likeness (QED) is 0.272. The highest BCUT2D eigenvalue weighted by molar-refractivity contribution is 6.63. The summed E-state index contributed by atoms with van der Waals surface area (Å²) in [4.78, 5) is 35.7. The van der Waals surface area contributed by atoms with Crippen molar-refractivity contribution in [3.63, 3.8) is 0 Å². The Kier molecular flexibility index (Phi) is 4.90. The zero-order chi connectivity index (χ0) is 11.1. The number of ether oxygens (including phenoxy) is 1. The summed E-state index contributed by atoms with van der Waals surface area (Å²) in [6.07, 6.45) is 0. The number of hydrogen-bond donors (Lipinski definition) is 1. The van der Waals surface area contributed by atoms with Crippen LogP contribution in [0.5, 0.6) is 0 Å². The molecule has 7 nitrogen and oxygen atoms in total. The van der Waals surface area contributed by atoms with E-state index < -0.39 is 30.0 Å². The van der Waals surface area contributed by atoms with Crippen molar-refractivity contribution in [1.82, 2.24) is 0 Å². The Bertz CT molecular complexity index is 266. The van der Waals surface area contributed by atoms with Crippen LogP contribution in [0, 0.1) is 0 Å². The highest BCUT2D eigenvalue weighted by Gasteiger charge is 2.16. The van der Waals surface area contributed by atoms with Crippen LogP contribution in [-0.4, -0.2) is 42.3 Å². The maximum absolute atomic E-state index is 10.6. The molecule has 0 amide bonds. The number of carboxylic acid groups (broad SMARTS) is 1. The molecule has 0 aliphatic rings. The van der Waals surface area contributed by atoms with E-state index in [1.165, 1.54) is 0 Å². The fourth-order valence-corrected chi connectivity index (χ4v) is 0.462. The lowest BCUT2D eigenvalue weighted by Gasteiger charge is -1.98. The molecule has 0 rings (SSSR count). The maximum atomic E-state index is 10.6. The van der Waals surface area contributed by atoms with Gasteiger partial charge in [0.15, 0.2) is 5.78 Å². The van der Waals surface area contributed by atoms with E-state index >= 15 is 0 Å². The summed E-state index contributed by atoms with van der Waals surface area (Å²) in [6, 6.07) is 0. The first-order chi connectivity index (χ1) is 6.49. The van der Waals surface area contributed by atoms with Gasteiger partial charge in [-0.2, -0.15) is 0 Å². The Hall–Kier alpha value is -1.92. The van der Waals surface area contributed by atoms with Crippen LogP contribution in [0.1, 0.15) is 6.92 Å². The third-order valence-electron chi connectivity index (χ3n) is 1.10. The van der Waals surface area contributed by atoms with Crippen molar-refractivity contribution in [2.45, 2.75) is 6.92 Å². The number of Topliss-reactive ketones (excluding diaryl/α,β-unsaturated/α-hetero) is 1. The van der Waals surface area contributed by atoms with Gasteiger partial charge < -0.3 is 14.7 Å². The molecule has 0 saturated heterocycles. The van der Waals surface area contributed by atoms with Gasteiger partial charge in [-0.05, 0) is 0 Å². The molecule has 0 heterocycles. The van der Waals surface area contributed by atoms with Crippen LogP contribution in [0.15, 0.2) is 5.16 Å². The van der Waals surface area contributed by atoms with Crippen molar-refractivity contribution in [3.8, 4) is 0 Å². The van der Waals surface area contributed by atoms with Gasteiger partial charge >= 0.3 is 11.9 Å². The van der Waals surface area contributed by atoms with Gasteiger partial charge in [0.2, 0.25) is 12.3 Å². The third-order valence-corrected chi connectivity index (χ3v) is 1.10. The van der Waals surface area contributed by atoms with Gasteiger partial charge in [0.1, 0.15) is 0 Å². The highest BCUT2D eigenvalue weighted by atomic mass is 16.7. The van der Waals surface area contributed by atoms with Gasteiger partial charge in [0.25, 0.3) is 0 Å². The maximum Gasteiger partial charge on any atom is 0.361 e. The Balaban J connectivity index is 4.25. The predicted molar refractivity (Wildman–Crippen MR) is 43.7 cm³/mol. The summed E-state index contributed by atoms with van der Waals surface area (Å²) in [5.74, 6) is -2.99. The molecular weight excluding hydrogens is 194 g/mol. The predicted octanol–water partition coefficient (Wildman–Crippen LogP) is -0.794. The van der Waals surface area contributed by atoms with Crippen molar-refractivity contribution < 1.29 is 29.1 Å². The number of carbonyl (C=O) groups is 3. The second kappa shape index (κ2) is 5.68. The molecule has 0 atom stereocenters. The summed E-state index contributed by atoms with van der Waals surface area (Å²) in [6.45, 7) is 0.481. The van der Waals surface area contributed by atoms with Crippen LogP contribution in [0.3, 0.4) is 0 Å². The fourth-order valence-electron chi connectivity index (χ4n) is 0.462. The molecule has 78 valence electrons. The van der Waals surface area contributed by atoms with Gasteiger partial charge in [0.05, 0.1) is 7.11 Å². The minimum Gasteiger partial charge on any atom is -0.476 e. The number of ketones is 1. The van der Waals surface area contributed by atoms with Gasteiger partial charge in [-0.3, -0.25) is 4.79 Å². The molecule has 1 N–H and O–H groups in total. The fraction of sp³-hybridized carbons (Fsp3) is 0.429. The van der Waals surface area contributed by atoms with Crippen LogP contribution in [0.25, 0.3) is 0 Å². The average molecular weight is 203 g/mol. The van der Waals surface area contributed by atoms with E-state index in [1.54, 1.807) is 0 Å². The molecule has 0 fully saturated rings. The molecule has 14 heavy (non-hydrogen) atoms. The Labute approximate surface area is 79.3 Å². The molecule has 0 aromatic carbocycles. The van der Waals surface area contributed by atoms with E-state index in [4.69, 9.17) is 5.11 Å². The summed E-state index contributed by atoms with van der Waals surface area (Å²) < 4.78 is 4.19. The lowest BCUT2D eigenvalue weighted by Crippen LogP contribution is -2.22. The zero-order valence-electron chi connectivity index (χ0n) is 7.64. The van der Waals surface area contributed by atoms with E-state index in [-0.39, 0.29) is 0 Å². The van der Waals surface area contributed by atoms with Crippen LogP contribution < -0.4 is 0 Å². The first kappa shape index (κ1) is 12.1. The monoisotopic (exact) mass is 203 g/mol. The van der Waals surface area contributed by atoms with E-state index in [0.29, 0.717) is 0 Å². The molecule has 0 aromatic heterocycles. The highest BCUT2D eigenvalue weighted by Crippen LogP contribution is 1.86. The van der Waals surface area contributed by atoms with Crippen LogP contribution in [0.4, 0.5) is 0 Å². The minimum atomic E-state index is -1.51. The lowest BCUT2D eigenvalue weighted by atomic mass is 10.3. The Morgan fingerprint density at radius 1 is 1.36 bits per heavy atom. The number of esters is 1. The molecule has 7 heteroatoms. The molecule has 0 aromatic rings. The second-order valence-corrected chi connectivity index (χ2v) is 2.15. The number of aliphatic carboxylic acids is 1. The average Bonchev–Trinajstić information content (AvgIpc) is 2.10. The molecule has 0 bridgehead atoms. The number of oxime groups is 1. The largest absolute Gasteiger partial charge is 0.476 e. The molecular formula is C7H9NO6. The summed E-state index contributed by atoms with van der Waals surface area (Å²) in [5.41, 5.74) is -0.770. The van der Waals surface area contributed by atoms with Gasteiger partial charge in [0, 0.05) is 6.92 Å². The van der Waals surface area contributed by atoms with Crippen molar-refractivity contribution in [2.24, 2.45) is 5.16 Å². The van der Waals surface area contributed by atoms with Crippen molar-refractivity contribution in [2.75, 3.05) is 13.7 Å². The Morgan fingerprint density at radius 2 is 1.93 bits per heavy atom. The summed E-state index contributed by atoms with van der Waals surface area (Å²) in [7, 11) is 1.14. The van der Waals surface area contributed by atoms with Crippen molar-refractivity contribution in [1.29, 1.82) is 0 Å². The third kappa shape index (κ3) is 4.19. The van der Waals surface area contributed by atoms with Crippen molar-refractivity contribution >= 4 is 23.4 Å². The number of carbonyl (C=O) groups excluding carboxylic acids is 2. The zero-order valence-corrected chi connectivity index (χ0v) is 7.64. The number of nitrogens with zero attached hydrogens (tertiary/aromatic N) is 1. The first-order valence-electron chi connectivity index (χ1n) is 3.50. The number of methoxy groups -OCH3 is 1. The summed E-state index contributed by atoms with van der Waals surface area (Å²) in [5, 5.41) is 11.4. The smallest absolute Gasteiger partial charge is 0.361 e. The number of carboxylic acids is 1. The first-order valence-corrected chi connectivity index (χ1v) is 3.50. The molecule has 0 radical (unpaired) electrons. The normalized spacial score (nSPS) is 10.6. The molecule has 0 aliphatic heterocycles. The van der Waals surface area contributed by atoms with E-state index in [0.717, 1.165) is 14.0 Å². The number of rotatable bonds is 5. The minimum absolute atomic E-state index is 0.541. The van der Waals surface area contributed by atoms with Crippen molar-refractivity contribution in [3.05, 3.63) is 0 Å². The van der Waals surface area contributed by atoms with Crippen LogP contribution in [-0.2, 0) is 24.0 Å². The number of hydrogen-bond acceptors (Lipinski definition) is 6. The van der Waals surface area contributed by atoms with E-state index in [9.17, 15) is 14.4 Å². The Morgan fingerprint density at radius 3 is 2.29 bits per heavy atom. The second-order valence-electron chi connectivity index (χ2n) is 2.15. The van der Waals surface area contributed by atoms with Gasteiger partial charge in [-0.1, -0.05) is 5.16 Å². The summed E-state index contributed by atoms with van der Waals surface area (Å²) >= 11 is 0. The van der Waals surface area contributed by atoms with Crippen LogP contribution in [0.2, 0.25) is 0 Å². The molecule has 0 spiro atoms. The van der Waals surface area contributed by atoms with Gasteiger partial charge in [-0.25, -0.2) is 9.59 Å². The lowest BCUT2D eigenvalue weighted by molar-refractivity contribution is -0.146. The van der Waals surface area contributed by atoms with E-state index in [1.807, 2.05) is 0 Å². The van der Waals surface area contributed by atoms with Gasteiger partial charge in [-0.15, -0.1) is 0 Å². The van der Waals surface area contributed by atoms with E-state index in [2.05, 4.69) is 14.7 Å². The topological polar surface area (TPSA) is 102 Å². The standard InChI is InChI=1S/C7H9NO6/c1-4(9)6(7(11)12)8-14-3-5(10)13-2/h3H2,1-2H3,(H,11,12)/b8-6+.